The Bertz CT molecular complexity index is 922. The van der Waals surface area contributed by atoms with E-state index in [0.717, 1.165) is 36.9 Å². The lowest BCUT2D eigenvalue weighted by molar-refractivity contribution is -0.189. The molecular formula is C20H20F3NO3S. The van der Waals surface area contributed by atoms with Gasteiger partial charge in [0.15, 0.2) is 11.5 Å². The number of fused-ring (bicyclic) bond motifs is 5. The van der Waals surface area contributed by atoms with Crippen molar-refractivity contribution < 1.29 is 27.8 Å². The molecule has 0 saturated heterocycles. The molecule has 2 heterocycles. The summed E-state index contributed by atoms with van der Waals surface area (Å²) < 4.78 is 41.9. The summed E-state index contributed by atoms with van der Waals surface area (Å²) in [5.74, 6) is -3.19. The van der Waals surface area contributed by atoms with E-state index in [9.17, 15) is 23.1 Å². The second-order valence-corrected chi connectivity index (χ2v) is 8.22. The predicted octanol–water partition coefficient (Wildman–Crippen LogP) is 4.42. The van der Waals surface area contributed by atoms with Crippen LogP contribution in [-0.2, 0) is 24.2 Å². The molecule has 1 aliphatic heterocycles. The number of phenolic OH excluding ortho intramolecular Hbond substituents is 1. The number of aryl methyl sites for hydroxylation is 2. The van der Waals surface area contributed by atoms with Crippen molar-refractivity contribution in [1.29, 1.82) is 0 Å². The molecule has 4 rings (SSSR count). The van der Waals surface area contributed by atoms with Gasteiger partial charge in [0.25, 0.3) is 0 Å². The molecule has 2 unspecified atom stereocenters. The van der Waals surface area contributed by atoms with Gasteiger partial charge in [-0.2, -0.15) is 13.2 Å². The Morgan fingerprint density at radius 1 is 1.36 bits per heavy atom. The molecule has 2 aromatic rings. The number of alkyl halides is 3. The Labute approximate surface area is 164 Å². The van der Waals surface area contributed by atoms with Crippen molar-refractivity contribution >= 4 is 17.3 Å². The van der Waals surface area contributed by atoms with Crippen molar-refractivity contribution in [3.63, 3.8) is 0 Å². The fourth-order valence-corrected chi connectivity index (χ4v) is 5.45. The van der Waals surface area contributed by atoms with Crippen molar-refractivity contribution in [2.75, 3.05) is 0 Å². The number of halogens is 3. The third-order valence-corrected chi connectivity index (χ3v) is 6.59. The minimum atomic E-state index is -5.11. The van der Waals surface area contributed by atoms with Crippen LogP contribution in [0.4, 0.5) is 13.2 Å². The summed E-state index contributed by atoms with van der Waals surface area (Å²) >= 11 is 1.74. The summed E-state index contributed by atoms with van der Waals surface area (Å²) in [5, 5.41) is 16.0. The number of hydrogen-bond acceptors (Lipinski definition) is 5. The van der Waals surface area contributed by atoms with Crippen molar-refractivity contribution in [2.24, 2.45) is 0 Å². The van der Waals surface area contributed by atoms with E-state index >= 15 is 0 Å². The van der Waals surface area contributed by atoms with Crippen molar-refractivity contribution in [2.45, 2.75) is 57.3 Å². The van der Waals surface area contributed by atoms with Crippen LogP contribution in [0, 0.1) is 0 Å². The Balaban J connectivity index is 1.71. The molecule has 4 nitrogen and oxygen atoms in total. The molecule has 28 heavy (non-hydrogen) atoms. The molecule has 0 amide bonds. The van der Waals surface area contributed by atoms with Crippen LogP contribution in [0.25, 0.3) is 0 Å². The van der Waals surface area contributed by atoms with Crippen LogP contribution in [-0.4, -0.2) is 23.3 Å². The molecule has 2 atom stereocenters. The standard InChI is InChI=1S/C20H20F3NO3S/c1-2-3-17-12-8-24-14-5-4-10-6-16(27-19(26)20(21,22)23)15(25)7-11(10)18(14)13(12)9-28-17/h6-7,9,14,18,24-25H,2-5,8H2,1H3. The van der Waals surface area contributed by atoms with Gasteiger partial charge >= 0.3 is 12.1 Å². The summed E-state index contributed by atoms with van der Waals surface area (Å²) in [7, 11) is 0. The summed E-state index contributed by atoms with van der Waals surface area (Å²) in [4.78, 5) is 12.5. The number of carbonyl (C=O) groups is 1. The molecule has 0 spiro atoms. The average Bonchev–Trinajstić information content (AvgIpc) is 3.04. The number of phenols is 1. The highest BCUT2D eigenvalue weighted by atomic mass is 32.1. The van der Waals surface area contributed by atoms with Gasteiger partial charge in [0.1, 0.15) is 0 Å². The van der Waals surface area contributed by atoms with Gasteiger partial charge in [-0.25, -0.2) is 4.79 Å². The van der Waals surface area contributed by atoms with Gasteiger partial charge in [0, 0.05) is 23.4 Å². The SMILES string of the molecule is CCCc1scc2c1CNC1CCc3cc(OC(=O)C(F)(F)F)c(O)cc3C21. The molecule has 0 radical (unpaired) electrons. The Hall–Kier alpha value is -2.06. The molecule has 2 N–H and O–H groups in total. The number of ether oxygens (including phenoxy) is 1. The van der Waals surface area contributed by atoms with E-state index in [4.69, 9.17) is 0 Å². The van der Waals surface area contributed by atoms with Gasteiger partial charge in [0.05, 0.1) is 0 Å². The number of carbonyl (C=O) groups excluding carboxylic acids is 1. The molecule has 0 bridgehead atoms. The van der Waals surface area contributed by atoms with Gasteiger partial charge in [0.2, 0.25) is 0 Å². The molecule has 1 aromatic heterocycles. The smallest absolute Gasteiger partial charge is 0.491 e. The highest BCUT2D eigenvalue weighted by Crippen LogP contribution is 2.46. The number of benzene rings is 1. The summed E-state index contributed by atoms with van der Waals surface area (Å²) in [6.07, 6.45) is -1.56. The minimum absolute atomic E-state index is 0.0348. The van der Waals surface area contributed by atoms with E-state index in [-0.39, 0.29) is 12.0 Å². The maximum atomic E-state index is 12.5. The minimum Gasteiger partial charge on any atom is -0.504 e. The van der Waals surface area contributed by atoms with Gasteiger partial charge < -0.3 is 15.2 Å². The number of thiophene rings is 1. The largest absolute Gasteiger partial charge is 0.504 e. The second kappa shape index (κ2) is 7.08. The molecule has 0 saturated carbocycles. The van der Waals surface area contributed by atoms with Crippen LogP contribution in [0.2, 0.25) is 0 Å². The zero-order valence-corrected chi connectivity index (χ0v) is 16.0. The van der Waals surface area contributed by atoms with Crippen molar-refractivity contribution in [3.8, 4) is 11.5 Å². The van der Waals surface area contributed by atoms with E-state index in [1.54, 1.807) is 11.3 Å². The lowest BCUT2D eigenvalue weighted by Gasteiger charge is -2.38. The topological polar surface area (TPSA) is 58.6 Å². The molecule has 1 aliphatic carbocycles. The van der Waals surface area contributed by atoms with Crippen LogP contribution in [0.1, 0.15) is 52.8 Å². The van der Waals surface area contributed by atoms with Crippen molar-refractivity contribution in [1.82, 2.24) is 5.32 Å². The van der Waals surface area contributed by atoms with E-state index in [1.807, 2.05) is 0 Å². The fourth-order valence-electron chi connectivity index (χ4n) is 4.24. The maximum Gasteiger partial charge on any atom is 0.491 e. The molecule has 2 aliphatic rings. The van der Waals surface area contributed by atoms with E-state index in [1.165, 1.54) is 28.1 Å². The molecular weight excluding hydrogens is 391 g/mol. The lowest BCUT2D eigenvalue weighted by Crippen LogP contribution is -2.42. The average molecular weight is 411 g/mol. The zero-order chi connectivity index (χ0) is 20.1. The van der Waals surface area contributed by atoms with Gasteiger partial charge in [-0.3, -0.25) is 0 Å². The van der Waals surface area contributed by atoms with Crippen LogP contribution in [0.15, 0.2) is 17.5 Å². The first-order chi connectivity index (χ1) is 13.3. The van der Waals surface area contributed by atoms with E-state index < -0.39 is 23.6 Å². The van der Waals surface area contributed by atoms with Gasteiger partial charge in [-0.15, -0.1) is 11.3 Å². The Kier molecular flexibility index (Phi) is 4.87. The van der Waals surface area contributed by atoms with Gasteiger partial charge in [-0.05, 0) is 59.0 Å². The third-order valence-electron chi connectivity index (χ3n) is 5.48. The lowest BCUT2D eigenvalue weighted by atomic mass is 9.73. The van der Waals surface area contributed by atoms with E-state index in [0.29, 0.717) is 6.42 Å². The number of nitrogens with one attached hydrogen (secondary N) is 1. The third kappa shape index (κ3) is 3.28. The van der Waals surface area contributed by atoms with Crippen molar-refractivity contribution in [3.05, 3.63) is 44.6 Å². The highest BCUT2D eigenvalue weighted by Gasteiger charge is 2.42. The summed E-state index contributed by atoms with van der Waals surface area (Å²) in [5.41, 5.74) is 4.22. The Morgan fingerprint density at radius 3 is 2.86 bits per heavy atom. The van der Waals surface area contributed by atoms with Crippen LogP contribution < -0.4 is 10.1 Å². The molecule has 1 aromatic carbocycles. The Morgan fingerprint density at radius 2 is 2.14 bits per heavy atom. The number of hydrogen-bond donors (Lipinski definition) is 2. The molecule has 150 valence electrons. The summed E-state index contributed by atoms with van der Waals surface area (Å²) in [6.45, 7) is 2.96. The predicted molar refractivity (Wildman–Crippen MR) is 98.9 cm³/mol. The normalized spacial score (nSPS) is 20.9. The quantitative estimate of drug-likeness (QED) is 0.580. The first kappa shape index (κ1) is 19.3. The molecule has 8 heteroatoms. The van der Waals surface area contributed by atoms with E-state index in [2.05, 4.69) is 22.4 Å². The van der Waals surface area contributed by atoms with Crippen LogP contribution in [0.3, 0.4) is 0 Å². The number of aromatic hydroxyl groups is 1. The first-order valence-electron chi connectivity index (χ1n) is 9.27. The fraction of sp³-hybridized carbons (Fsp3) is 0.450. The first-order valence-corrected chi connectivity index (χ1v) is 10.1. The molecule has 0 fully saturated rings. The number of esters is 1. The zero-order valence-electron chi connectivity index (χ0n) is 15.2. The second-order valence-electron chi connectivity index (χ2n) is 7.25. The highest BCUT2D eigenvalue weighted by molar-refractivity contribution is 7.10. The summed E-state index contributed by atoms with van der Waals surface area (Å²) in [6, 6.07) is 3.05. The number of rotatable bonds is 3. The van der Waals surface area contributed by atoms with Gasteiger partial charge in [-0.1, -0.05) is 13.3 Å². The van der Waals surface area contributed by atoms with Crippen LogP contribution in [0.5, 0.6) is 11.5 Å². The monoisotopic (exact) mass is 411 g/mol. The maximum absolute atomic E-state index is 12.5. The van der Waals surface area contributed by atoms with Crippen LogP contribution >= 0.6 is 11.3 Å².